The van der Waals surface area contributed by atoms with Crippen molar-refractivity contribution in [2.45, 2.75) is 26.3 Å². The Labute approximate surface area is 173 Å². The molecule has 1 aliphatic heterocycles. The van der Waals surface area contributed by atoms with E-state index in [2.05, 4.69) is 34.1 Å². The average molecular weight is 397 g/mol. The Hall–Kier alpha value is -2.61. The number of hydrazine groups is 1. The monoisotopic (exact) mass is 396 g/mol. The summed E-state index contributed by atoms with van der Waals surface area (Å²) in [5.41, 5.74) is 16.8. The summed E-state index contributed by atoms with van der Waals surface area (Å²) in [5, 5.41) is 1.56. The third-order valence-electron chi connectivity index (χ3n) is 5.22. The van der Waals surface area contributed by atoms with Crippen LogP contribution in [0.2, 0.25) is 0 Å². The van der Waals surface area contributed by atoms with Crippen LogP contribution in [0.1, 0.15) is 25.0 Å². The summed E-state index contributed by atoms with van der Waals surface area (Å²) in [5.74, 6) is 6.35. The van der Waals surface area contributed by atoms with Gasteiger partial charge in [0.05, 0.1) is 18.9 Å². The summed E-state index contributed by atoms with van der Waals surface area (Å²) in [4.78, 5) is 6.77. The molecule has 0 bridgehead atoms. The van der Waals surface area contributed by atoms with Crippen LogP contribution in [-0.2, 0) is 11.2 Å². The Morgan fingerprint density at radius 1 is 1.21 bits per heavy atom. The Balaban J connectivity index is 1.71. The molecule has 1 aromatic heterocycles. The van der Waals surface area contributed by atoms with Gasteiger partial charge in [-0.15, -0.1) is 0 Å². The number of nitrogen functional groups attached to an aromatic ring is 1. The van der Waals surface area contributed by atoms with Gasteiger partial charge in [0.2, 0.25) is 0 Å². The molecule has 1 saturated heterocycles. The van der Waals surface area contributed by atoms with Gasteiger partial charge in [0.15, 0.2) is 0 Å². The van der Waals surface area contributed by atoms with E-state index in [1.54, 1.807) is 17.4 Å². The molecular formula is C22H32N6O. The van der Waals surface area contributed by atoms with Crippen molar-refractivity contribution < 1.29 is 4.74 Å². The molecule has 2 heterocycles. The molecular weight excluding hydrogens is 364 g/mol. The van der Waals surface area contributed by atoms with Gasteiger partial charge in [0.25, 0.3) is 0 Å². The first-order valence-electron chi connectivity index (χ1n) is 10.1. The number of anilines is 1. The van der Waals surface area contributed by atoms with Crippen LogP contribution in [-0.4, -0.2) is 53.8 Å². The molecule has 1 fully saturated rings. The molecule has 0 unspecified atom stereocenters. The van der Waals surface area contributed by atoms with Gasteiger partial charge in [-0.05, 0) is 37.5 Å². The summed E-state index contributed by atoms with van der Waals surface area (Å²) in [7, 11) is 0. The van der Waals surface area contributed by atoms with Crippen molar-refractivity contribution in [1.82, 2.24) is 14.9 Å². The van der Waals surface area contributed by atoms with E-state index >= 15 is 0 Å². The van der Waals surface area contributed by atoms with Crippen LogP contribution in [0.25, 0.3) is 16.8 Å². The largest absolute Gasteiger partial charge is 0.397 e. The van der Waals surface area contributed by atoms with Gasteiger partial charge < -0.3 is 21.2 Å². The third kappa shape index (κ3) is 5.69. The minimum absolute atomic E-state index is 0.135. The highest BCUT2D eigenvalue weighted by Gasteiger charge is 2.11. The van der Waals surface area contributed by atoms with Crippen molar-refractivity contribution >= 4 is 11.5 Å². The van der Waals surface area contributed by atoms with E-state index in [-0.39, 0.29) is 6.04 Å². The molecule has 0 amide bonds. The first kappa shape index (κ1) is 21.1. The second kappa shape index (κ2) is 9.73. The number of morpholine rings is 1. The fraction of sp³-hybridized carbons (Fsp3) is 0.409. The zero-order chi connectivity index (χ0) is 20.8. The fourth-order valence-corrected chi connectivity index (χ4v) is 3.22. The summed E-state index contributed by atoms with van der Waals surface area (Å²) in [6.45, 7) is 8.74. The van der Waals surface area contributed by atoms with Crippen molar-refractivity contribution in [2.75, 3.05) is 38.6 Å². The number of hydrogen-bond donors (Lipinski definition) is 3. The van der Waals surface area contributed by atoms with Crippen molar-refractivity contribution in [1.29, 1.82) is 0 Å². The van der Waals surface area contributed by atoms with Gasteiger partial charge >= 0.3 is 0 Å². The SMILES string of the molecule is CC(C)N(N)/C=C(\N)c1cc(-c2ccc(CCN3CCOCC3)cc2)cnc1N. The highest BCUT2D eigenvalue weighted by atomic mass is 16.5. The molecule has 6 N–H and O–H groups in total. The lowest BCUT2D eigenvalue weighted by Gasteiger charge is -2.26. The van der Waals surface area contributed by atoms with E-state index < -0.39 is 0 Å². The maximum absolute atomic E-state index is 6.22. The van der Waals surface area contributed by atoms with Gasteiger partial charge in [-0.2, -0.15) is 0 Å². The Bertz CT molecular complexity index is 828. The number of nitrogens with two attached hydrogens (primary N) is 3. The van der Waals surface area contributed by atoms with E-state index in [4.69, 9.17) is 22.0 Å². The summed E-state index contributed by atoms with van der Waals surface area (Å²) in [6, 6.07) is 10.7. The molecule has 0 aliphatic carbocycles. The number of benzene rings is 1. The number of nitrogens with zero attached hydrogens (tertiary/aromatic N) is 3. The maximum Gasteiger partial charge on any atom is 0.132 e. The molecule has 7 heteroatoms. The predicted octanol–water partition coefficient (Wildman–Crippen LogP) is 2.05. The Morgan fingerprint density at radius 3 is 2.55 bits per heavy atom. The Morgan fingerprint density at radius 2 is 1.90 bits per heavy atom. The van der Waals surface area contributed by atoms with Gasteiger partial charge in [0, 0.05) is 49.2 Å². The predicted molar refractivity (Wildman–Crippen MR) is 118 cm³/mol. The molecule has 1 aliphatic rings. The van der Waals surface area contributed by atoms with Crippen LogP contribution in [0.15, 0.2) is 42.7 Å². The molecule has 0 atom stereocenters. The van der Waals surface area contributed by atoms with Crippen LogP contribution in [0.3, 0.4) is 0 Å². The average Bonchev–Trinajstić information content (AvgIpc) is 2.73. The molecule has 7 nitrogen and oxygen atoms in total. The van der Waals surface area contributed by atoms with Gasteiger partial charge in [-0.3, -0.25) is 4.90 Å². The number of aromatic nitrogens is 1. The molecule has 0 saturated carbocycles. The number of rotatable bonds is 7. The van der Waals surface area contributed by atoms with E-state index in [0.29, 0.717) is 17.1 Å². The van der Waals surface area contributed by atoms with Gasteiger partial charge in [-0.1, -0.05) is 24.3 Å². The smallest absolute Gasteiger partial charge is 0.132 e. The van der Waals surface area contributed by atoms with Crippen LogP contribution >= 0.6 is 0 Å². The lowest BCUT2D eigenvalue weighted by molar-refractivity contribution is 0.0384. The topological polar surface area (TPSA) is 107 Å². The number of ether oxygens (including phenoxy) is 1. The van der Waals surface area contributed by atoms with Crippen molar-refractivity contribution in [3.63, 3.8) is 0 Å². The minimum Gasteiger partial charge on any atom is -0.397 e. The third-order valence-corrected chi connectivity index (χ3v) is 5.22. The standard InChI is InChI=1S/C22H32N6O/c1-16(2)28(25)15-21(23)20-13-19(14-26-22(20)24)18-5-3-17(4-6-18)7-8-27-9-11-29-12-10-27/h3-6,13-16H,7-12,23,25H2,1-2H3,(H2,24,26)/b21-15-. The van der Waals surface area contributed by atoms with E-state index in [1.165, 1.54) is 5.56 Å². The highest BCUT2D eigenvalue weighted by molar-refractivity contribution is 5.76. The Kier molecular flexibility index (Phi) is 7.09. The van der Waals surface area contributed by atoms with E-state index in [0.717, 1.165) is 50.4 Å². The van der Waals surface area contributed by atoms with Crippen molar-refractivity contribution in [3.05, 3.63) is 53.9 Å². The van der Waals surface area contributed by atoms with Gasteiger partial charge in [-0.25, -0.2) is 10.8 Å². The van der Waals surface area contributed by atoms with Crippen molar-refractivity contribution in [3.8, 4) is 11.1 Å². The molecule has 156 valence electrons. The first-order valence-corrected chi connectivity index (χ1v) is 10.1. The quantitative estimate of drug-likeness (QED) is 0.486. The minimum atomic E-state index is 0.135. The van der Waals surface area contributed by atoms with Crippen LogP contribution in [0.4, 0.5) is 5.82 Å². The second-order valence-electron chi connectivity index (χ2n) is 7.68. The zero-order valence-electron chi connectivity index (χ0n) is 17.3. The highest BCUT2D eigenvalue weighted by Crippen LogP contribution is 2.25. The van der Waals surface area contributed by atoms with Crippen molar-refractivity contribution in [2.24, 2.45) is 11.6 Å². The normalized spacial score (nSPS) is 15.7. The first-order chi connectivity index (χ1) is 13.9. The molecule has 1 aromatic carbocycles. The fourth-order valence-electron chi connectivity index (χ4n) is 3.22. The zero-order valence-corrected chi connectivity index (χ0v) is 17.3. The molecule has 0 radical (unpaired) electrons. The number of pyridine rings is 1. The second-order valence-corrected chi connectivity index (χ2v) is 7.68. The van der Waals surface area contributed by atoms with Crippen LogP contribution in [0.5, 0.6) is 0 Å². The summed E-state index contributed by atoms with van der Waals surface area (Å²) < 4.78 is 5.41. The molecule has 0 spiro atoms. The summed E-state index contributed by atoms with van der Waals surface area (Å²) in [6.07, 6.45) is 4.50. The molecule has 3 rings (SSSR count). The van der Waals surface area contributed by atoms with Crippen LogP contribution in [0, 0.1) is 0 Å². The van der Waals surface area contributed by atoms with E-state index in [9.17, 15) is 0 Å². The molecule has 2 aromatic rings. The van der Waals surface area contributed by atoms with Crippen LogP contribution < -0.4 is 17.3 Å². The maximum atomic E-state index is 6.22. The lowest BCUT2D eigenvalue weighted by Crippen LogP contribution is -2.37. The lowest BCUT2D eigenvalue weighted by atomic mass is 10.0. The van der Waals surface area contributed by atoms with Gasteiger partial charge in [0.1, 0.15) is 5.82 Å². The van der Waals surface area contributed by atoms with E-state index in [1.807, 2.05) is 19.9 Å². The molecule has 29 heavy (non-hydrogen) atoms. The summed E-state index contributed by atoms with van der Waals surface area (Å²) >= 11 is 0. The number of hydrogen-bond acceptors (Lipinski definition) is 7.